The molecule has 1 aromatic heterocycles. The van der Waals surface area contributed by atoms with Crippen LogP contribution in [0.15, 0.2) is 60.8 Å². The maximum absolute atomic E-state index is 12.4. The number of aryl methyl sites for hydroxylation is 1. The Morgan fingerprint density at radius 1 is 1.20 bits per heavy atom. The molecule has 1 N–H and O–H groups in total. The standard InChI is InChI=1S/C18H16N4O3/c1-13-7-8-15(11-16(13)22(24)25)18(23)20-17-9-10-19-21(17)12-14-5-3-2-4-6-14/h2-11H,12H2,1H3,(H,20,23). The molecule has 7 nitrogen and oxygen atoms in total. The van der Waals surface area contributed by atoms with Crippen molar-refractivity contribution >= 4 is 17.4 Å². The van der Waals surface area contributed by atoms with Crippen LogP contribution in [0.2, 0.25) is 0 Å². The van der Waals surface area contributed by atoms with Crippen LogP contribution in [0, 0.1) is 17.0 Å². The van der Waals surface area contributed by atoms with E-state index in [0.717, 1.165) is 5.56 Å². The molecular formula is C18H16N4O3. The van der Waals surface area contributed by atoms with Gasteiger partial charge >= 0.3 is 0 Å². The Bertz CT molecular complexity index is 919. The first-order valence-electron chi connectivity index (χ1n) is 7.67. The van der Waals surface area contributed by atoms with Crippen LogP contribution in [0.5, 0.6) is 0 Å². The van der Waals surface area contributed by atoms with E-state index < -0.39 is 10.8 Å². The van der Waals surface area contributed by atoms with E-state index in [1.54, 1.807) is 36.0 Å². The number of carbonyl (C=O) groups excluding carboxylic acids is 1. The van der Waals surface area contributed by atoms with Crippen molar-refractivity contribution in [3.63, 3.8) is 0 Å². The largest absolute Gasteiger partial charge is 0.307 e. The monoisotopic (exact) mass is 336 g/mol. The fourth-order valence-corrected chi connectivity index (χ4v) is 2.46. The summed E-state index contributed by atoms with van der Waals surface area (Å²) >= 11 is 0. The molecule has 1 amide bonds. The predicted molar refractivity (Wildman–Crippen MR) is 93.6 cm³/mol. The van der Waals surface area contributed by atoms with Gasteiger partial charge in [0, 0.05) is 23.3 Å². The Morgan fingerprint density at radius 2 is 1.96 bits per heavy atom. The number of amides is 1. The van der Waals surface area contributed by atoms with Gasteiger partial charge in [0.05, 0.1) is 17.7 Å². The molecule has 0 aliphatic heterocycles. The SMILES string of the molecule is Cc1ccc(C(=O)Nc2ccnn2Cc2ccccc2)cc1[N+](=O)[O-]. The third-order valence-corrected chi connectivity index (χ3v) is 3.80. The molecule has 25 heavy (non-hydrogen) atoms. The third-order valence-electron chi connectivity index (χ3n) is 3.80. The van der Waals surface area contributed by atoms with Gasteiger partial charge in [-0.05, 0) is 18.6 Å². The molecule has 7 heteroatoms. The fourth-order valence-electron chi connectivity index (χ4n) is 2.46. The quantitative estimate of drug-likeness (QED) is 0.571. The summed E-state index contributed by atoms with van der Waals surface area (Å²) in [5.74, 6) is 0.106. The van der Waals surface area contributed by atoms with Crippen LogP contribution in [0.1, 0.15) is 21.5 Å². The first-order chi connectivity index (χ1) is 12.0. The van der Waals surface area contributed by atoms with E-state index in [9.17, 15) is 14.9 Å². The highest BCUT2D eigenvalue weighted by atomic mass is 16.6. The minimum atomic E-state index is -0.494. The number of nitrogens with zero attached hydrogens (tertiary/aromatic N) is 3. The normalized spacial score (nSPS) is 10.4. The molecule has 0 aliphatic carbocycles. The van der Waals surface area contributed by atoms with Crippen molar-refractivity contribution in [2.24, 2.45) is 0 Å². The molecule has 3 rings (SSSR count). The summed E-state index contributed by atoms with van der Waals surface area (Å²) in [5.41, 5.74) is 1.71. The second-order valence-electron chi connectivity index (χ2n) is 5.57. The zero-order valence-electron chi connectivity index (χ0n) is 13.5. The molecule has 0 saturated heterocycles. The van der Waals surface area contributed by atoms with Crippen molar-refractivity contribution in [2.45, 2.75) is 13.5 Å². The summed E-state index contributed by atoms with van der Waals surface area (Å²) in [4.78, 5) is 23.0. The average Bonchev–Trinajstić information content (AvgIpc) is 3.02. The first-order valence-corrected chi connectivity index (χ1v) is 7.67. The Hall–Kier alpha value is -3.48. The second-order valence-corrected chi connectivity index (χ2v) is 5.57. The number of nitro benzene ring substituents is 1. The summed E-state index contributed by atoms with van der Waals surface area (Å²) in [5, 5.41) is 18.0. The van der Waals surface area contributed by atoms with E-state index in [-0.39, 0.29) is 11.3 Å². The van der Waals surface area contributed by atoms with E-state index in [1.165, 1.54) is 6.07 Å². The van der Waals surface area contributed by atoms with Crippen LogP contribution in [0.3, 0.4) is 0 Å². The highest BCUT2D eigenvalue weighted by Crippen LogP contribution is 2.20. The molecule has 0 bridgehead atoms. The van der Waals surface area contributed by atoms with Gasteiger partial charge in [-0.25, -0.2) is 4.68 Å². The summed E-state index contributed by atoms with van der Waals surface area (Å²) < 4.78 is 1.66. The van der Waals surface area contributed by atoms with Gasteiger partial charge in [0.25, 0.3) is 11.6 Å². The van der Waals surface area contributed by atoms with E-state index in [2.05, 4.69) is 10.4 Å². The van der Waals surface area contributed by atoms with Crippen LogP contribution in [0.4, 0.5) is 11.5 Å². The molecule has 0 radical (unpaired) electrons. The topological polar surface area (TPSA) is 90.1 Å². The minimum absolute atomic E-state index is 0.0783. The highest BCUT2D eigenvalue weighted by molar-refractivity contribution is 6.04. The van der Waals surface area contributed by atoms with Crippen LogP contribution in [0.25, 0.3) is 0 Å². The Labute approximate surface area is 144 Å². The molecule has 3 aromatic rings. The van der Waals surface area contributed by atoms with Gasteiger partial charge in [0.1, 0.15) is 5.82 Å². The van der Waals surface area contributed by atoms with Gasteiger partial charge in [-0.3, -0.25) is 14.9 Å². The molecule has 0 spiro atoms. The maximum atomic E-state index is 12.4. The molecule has 0 aliphatic rings. The van der Waals surface area contributed by atoms with Crippen LogP contribution >= 0.6 is 0 Å². The Morgan fingerprint density at radius 3 is 2.68 bits per heavy atom. The molecule has 0 fully saturated rings. The minimum Gasteiger partial charge on any atom is -0.307 e. The van der Waals surface area contributed by atoms with Gasteiger partial charge in [0.2, 0.25) is 0 Å². The number of rotatable bonds is 5. The average molecular weight is 336 g/mol. The van der Waals surface area contributed by atoms with Crippen molar-refractivity contribution in [3.8, 4) is 0 Å². The van der Waals surface area contributed by atoms with Gasteiger partial charge < -0.3 is 5.32 Å². The summed E-state index contributed by atoms with van der Waals surface area (Å²) in [6.45, 7) is 2.15. The molecule has 0 saturated carbocycles. The smallest absolute Gasteiger partial charge is 0.273 e. The van der Waals surface area contributed by atoms with E-state index in [4.69, 9.17) is 0 Å². The molecule has 126 valence electrons. The molecule has 1 heterocycles. The molecule has 0 atom stereocenters. The van der Waals surface area contributed by atoms with Gasteiger partial charge in [-0.1, -0.05) is 36.4 Å². The number of aromatic nitrogens is 2. The lowest BCUT2D eigenvalue weighted by Gasteiger charge is -2.09. The van der Waals surface area contributed by atoms with E-state index in [1.807, 2.05) is 30.3 Å². The van der Waals surface area contributed by atoms with Crippen molar-refractivity contribution in [2.75, 3.05) is 5.32 Å². The van der Waals surface area contributed by atoms with Gasteiger partial charge in [0.15, 0.2) is 0 Å². The highest BCUT2D eigenvalue weighted by Gasteiger charge is 2.16. The predicted octanol–water partition coefficient (Wildman–Crippen LogP) is 3.40. The van der Waals surface area contributed by atoms with Crippen molar-refractivity contribution in [3.05, 3.63) is 87.6 Å². The van der Waals surface area contributed by atoms with Gasteiger partial charge in [-0.2, -0.15) is 5.10 Å². The zero-order valence-corrected chi connectivity index (χ0v) is 13.5. The van der Waals surface area contributed by atoms with Gasteiger partial charge in [-0.15, -0.1) is 0 Å². The number of carbonyl (C=O) groups is 1. The molecular weight excluding hydrogens is 320 g/mol. The summed E-state index contributed by atoms with van der Waals surface area (Å²) in [7, 11) is 0. The number of anilines is 1. The molecule has 2 aromatic carbocycles. The number of hydrogen-bond donors (Lipinski definition) is 1. The van der Waals surface area contributed by atoms with Crippen molar-refractivity contribution in [1.82, 2.24) is 9.78 Å². The van der Waals surface area contributed by atoms with Crippen LogP contribution < -0.4 is 5.32 Å². The van der Waals surface area contributed by atoms with Crippen molar-refractivity contribution < 1.29 is 9.72 Å². The Kier molecular flexibility index (Phi) is 4.56. The van der Waals surface area contributed by atoms with Crippen LogP contribution in [-0.4, -0.2) is 20.6 Å². The fraction of sp³-hybridized carbons (Fsp3) is 0.111. The lowest BCUT2D eigenvalue weighted by atomic mass is 10.1. The zero-order chi connectivity index (χ0) is 17.8. The van der Waals surface area contributed by atoms with E-state index in [0.29, 0.717) is 17.9 Å². The number of nitrogens with one attached hydrogen (secondary N) is 1. The van der Waals surface area contributed by atoms with Crippen molar-refractivity contribution in [1.29, 1.82) is 0 Å². The Balaban J connectivity index is 1.79. The van der Waals surface area contributed by atoms with Crippen LogP contribution in [-0.2, 0) is 6.54 Å². The lowest BCUT2D eigenvalue weighted by molar-refractivity contribution is -0.385. The second kappa shape index (κ2) is 6.96. The third kappa shape index (κ3) is 3.72. The number of hydrogen-bond acceptors (Lipinski definition) is 4. The van der Waals surface area contributed by atoms with E-state index >= 15 is 0 Å². The summed E-state index contributed by atoms with van der Waals surface area (Å²) in [6, 6.07) is 15.8. The summed E-state index contributed by atoms with van der Waals surface area (Å²) in [6.07, 6.45) is 1.59. The number of nitro groups is 1. The first kappa shape index (κ1) is 16.4. The lowest BCUT2D eigenvalue weighted by Crippen LogP contribution is -2.16. The number of benzene rings is 2. The maximum Gasteiger partial charge on any atom is 0.273 e. The molecule has 0 unspecified atom stereocenters.